The van der Waals surface area contributed by atoms with Crippen molar-refractivity contribution in [2.75, 3.05) is 13.7 Å². The Kier molecular flexibility index (Phi) is 4.65. The molecule has 0 spiro atoms. The Morgan fingerprint density at radius 1 is 1.04 bits per heavy atom. The fourth-order valence-electron chi connectivity index (χ4n) is 3.33. The van der Waals surface area contributed by atoms with Gasteiger partial charge >= 0.3 is 0 Å². The third kappa shape index (κ3) is 3.32. The van der Waals surface area contributed by atoms with Gasteiger partial charge in [0.05, 0.1) is 25.2 Å². The van der Waals surface area contributed by atoms with Crippen LogP contribution in [0.3, 0.4) is 0 Å². The van der Waals surface area contributed by atoms with Crippen LogP contribution in [0.2, 0.25) is 0 Å². The van der Waals surface area contributed by atoms with Crippen LogP contribution in [-0.4, -0.2) is 23.3 Å². The van der Waals surface area contributed by atoms with Gasteiger partial charge in [0.15, 0.2) is 11.5 Å². The Morgan fingerprint density at radius 2 is 1.73 bits per heavy atom. The second-order valence-corrected chi connectivity index (χ2v) is 6.84. The highest BCUT2D eigenvalue weighted by molar-refractivity contribution is 5.63. The summed E-state index contributed by atoms with van der Waals surface area (Å²) in [6.45, 7) is 2.75. The lowest BCUT2D eigenvalue weighted by molar-refractivity contribution is 0.246. The van der Waals surface area contributed by atoms with Gasteiger partial charge in [0.25, 0.3) is 0 Å². The molecule has 1 fully saturated rings. The van der Waals surface area contributed by atoms with Crippen LogP contribution in [0.25, 0.3) is 11.3 Å². The predicted molar refractivity (Wildman–Crippen MR) is 103 cm³/mol. The number of aromatic nitrogens is 2. The number of ether oxygens (including phenoxy) is 2. The van der Waals surface area contributed by atoms with E-state index in [-0.39, 0.29) is 6.04 Å². The van der Waals surface area contributed by atoms with Crippen LogP contribution in [0.15, 0.2) is 60.9 Å². The van der Waals surface area contributed by atoms with Crippen molar-refractivity contribution in [2.24, 2.45) is 0 Å². The minimum atomic E-state index is 0.195. The summed E-state index contributed by atoms with van der Waals surface area (Å²) in [7, 11) is 1.67. The maximum absolute atomic E-state index is 6.04. The quantitative estimate of drug-likeness (QED) is 0.598. The first-order chi connectivity index (χ1) is 12.8. The van der Waals surface area contributed by atoms with Crippen LogP contribution in [0, 0.1) is 0 Å². The zero-order valence-corrected chi connectivity index (χ0v) is 15.3. The molecule has 0 N–H and O–H groups in total. The van der Waals surface area contributed by atoms with E-state index in [1.807, 2.05) is 36.7 Å². The third-order valence-corrected chi connectivity index (χ3v) is 4.87. The molecule has 26 heavy (non-hydrogen) atoms. The topological polar surface area (TPSA) is 36.3 Å². The summed E-state index contributed by atoms with van der Waals surface area (Å²) in [5.74, 6) is 2.15. The van der Waals surface area contributed by atoms with Crippen molar-refractivity contribution >= 4 is 0 Å². The smallest absolute Gasteiger partial charge is 0.161 e. The van der Waals surface area contributed by atoms with Crippen LogP contribution < -0.4 is 9.47 Å². The first-order valence-electron chi connectivity index (χ1n) is 9.16. The SMILES string of the molecule is COc1ccccc1OCC(C)n1cnc(-c2ccccc2)c1C1CC1. The highest BCUT2D eigenvalue weighted by atomic mass is 16.5. The Labute approximate surface area is 154 Å². The Balaban J connectivity index is 1.56. The maximum Gasteiger partial charge on any atom is 0.161 e. The van der Waals surface area contributed by atoms with E-state index >= 15 is 0 Å². The number of imidazole rings is 1. The molecule has 1 atom stereocenters. The van der Waals surface area contributed by atoms with Crippen LogP contribution >= 0.6 is 0 Å². The molecule has 1 aliphatic carbocycles. The van der Waals surface area contributed by atoms with E-state index in [0.29, 0.717) is 12.5 Å². The molecule has 0 amide bonds. The summed E-state index contributed by atoms with van der Waals surface area (Å²) in [5, 5.41) is 0. The van der Waals surface area contributed by atoms with E-state index in [9.17, 15) is 0 Å². The third-order valence-electron chi connectivity index (χ3n) is 4.87. The van der Waals surface area contributed by atoms with Gasteiger partial charge in [-0.25, -0.2) is 4.98 Å². The van der Waals surface area contributed by atoms with E-state index in [0.717, 1.165) is 17.2 Å². The normalized spacial score (nSPS) is 14.8. The summed E-state index contributed by atoms with van der Waals surface area (Å²) in [5.41, 5.74) is 3.63. The molecule has 0 bridgehead atoms. The first kappa shape index (κ1) is 16.7. The van der Waals surface area contributed by atoms with Crippen molar-refractivity contribution in [3.05, 3.63) is 66.6 Å². The number of nitrogens with zero attached hydrogens (tertiary/aromatic N) is 2. The second-order valence-electron chi connectivity index (χ2n) is 6.84. The van der Waals surface area contributed by atoms with Crippen LogP contribution in [0.4, 0.5) is 0 Å². The van der Waals surface area contributed by atoms with Gasteiger partial charge in [-0.3, -0.25) is 0 Å². The Morgan fingerprint density at radius 3 is 2.42 bits per heavy atom. The van der Waals surface area contributed by atoms with Gasteiger partial charge in [-0.2, -0.15) is 0 Å². The molecule has 1 heterocycles. The largest absolute Gasteiger partial charge is 0.493 e. The molecule has 1 aliphatic rings. The maximum atomic E-state index is 6.04. The summed E-state index contributed by atoms with van der Waals surface area (Å²) in [6, 6.07) is 18.4. The molecule has 3 aromatic rings. The monoisotopic (exact) mass is 348 g/mol. The van der Waals surface area contributed by atoms with Crippen molar-refractivity contribution in [3.63, 3.8) is 0 Å². The molecule has 1 aromatic heterocycles. The minimum Gasteiger partial charge on any atom is -0.493 e. The van der Waals surface area contributed by atoms with Gasteiger partial charge in [-0.15, -0.1) is 0 Å². The molecule has 0 aliphatic heterocycles. The van der Waals surface area contributed by atoms with Gasteiger partial charge in [0, 0.05) is 17.2 Å². The average Bonchev–Trinajstić information content (AvgIpc) is 3.44. The van der Waals surface area contributed by atoms with Gasteiger partial charge in [0.1, 0.15) is 6.61 Å². The molecule has 2 aromatic carbocycles. The van der Waals surface area contributed by atoms with E-state index < -0.39 is 0 Å². The molecule has 134 valence electrons. The highest BCUT2D eigenvalue weighted by Crippen LogP contribution is 2.45. The molecule has 0 radical (unpaired) electrons. The molecule has 0 saturated heterocycles. The summed E-state index contributed by atoms with van der Waals surface area (Å²) in [4.78, 5) is 4.74. The van der Waals surface area contributed by atoms with Crippen molar-refractivity contribution < 1.29 is 9.47 Å². The summed E-state index contributed by atoms with van der Waals surface area (Å²) in [6.07, 6.45) is 4.45. The lowest BCUT2D eigenvalue weighted by Crippen LogP contribution is -2.16. The zero-order chi connectivity index (χ0) is 17.9. The number of para-hydroxylation sites is 2. The highest BCUT2D eigenvalue weighted by Gasteiger charge is 2.32. The molecule has 1 unspecified atom stereocenters. The standard InChI is InChI=1S/C22H24N2O2/c1-16(14-26-20-11-7-6-10-19(20)25-2)24-15-23-21(22(24)18-12-13-18)17-8-4-3-5-9-17/h3-11,15-16,18H,12-14H2,1-2H3. The molecule has 4 rings (SSSR count). The number of rotatable bonds is 7. The molecule has 4 heteroatoms. The minimum absolute atomic E-state index is 0.195. The lowest BCUT2D eigenvalue weighted by atomic mass is 10.1. The average molecular weight is 348 g/mol. The number of benzene rings is 2. The predicted octanol–water partition coefficient (Wildman–Crippen LogP) is 5.08. The van der Waals surface area contributed by atoms with E-state index in [1.54, 1.807) is 7.11 Å². The van der Waals surface area contributed by atoms with Gasteiger partial charge < -0.3 is 14.0 Å². The van der Waals surface area contributed by atoms with E-state index in [2.05, 4.69) is 35.8 Å². The van der Waals surface area contributed by atoms with E-state index in [4.69, 9.17) is 14.5 Å². The number of hydrogen-bond donors (Lipinski definition) is 0. The summed E-state index contributed by atoms with van der Waals surface area (Å²) >= 11 is 0. The Bertz CT molecular complexity index is 869. The lowest BCUT2D eigenvalue weighted by Gasteiger charge is -2.19. The summed E-state index contributed by atoms with van der Waals surface area (Å²) < 4.78 is 13.7. The number of hydrogen-bond acceptors (Lipinski definition) is 3. The number of methoxy groups -OCH3 is 1. The molecular formula is C22H24N2O2. The fourth-order valence-corrected chi connectivity index (χ4v) is 3.33. The molecule has 1 saturated carbocycles. The molecule has 4 nitrogen and oxygen atoms in total. The molecular weight excluding hydrogens is 324 g/mol. The van der Waals surface area contributed by atoms with Crippen molar-refractivity contribution in [3.8, 4) is 22.8 Å². The van der Waals surface area contributed by atoms with Gasteiger partial charge in [0.2, 0.25) is 0 Å². The van der Waals surface area contributed by atoms with Crippen LogP contribution in [0.5, 0.6) is 11.5 Å². The van der Waals surface area contributed by atoms with Crippen molar-refractivity contribution in [1.29, 1.82) is 0 Å². The van der Waals surface area contributed by atoms with Crippen LogP contribution in [-0.2, 0) is 0 Å². The first-order valence-corrected chi connectivity index (χ1v) is 9.16. The van der Waals surface area contributed by atoms with Gasteiger partial charge in [-0.1, -0.05) is 42.5 Å². The Hall–Kier alpha value is -2.75. The second kappa shape index (κ2) is 7.24. The fraction of sp³-hybridized carbons (Fsp3) is 0.318. The van der Waals surface area contributed by atoms with E-state index in [1.165, 1.54) is 24.1 Å². The van der Waals surface area contributed by atoms with Gasteiger partial charge in [-0.05, 0) is 31.9 Å². The van der Waals surface area contributed by atoms with Crippen LogP contribution in [0.1, 0.15) is 37.4 Å². The van der Waals surface area contributed by atoms with Crippen molar-refractivity contribution in [1.82, 2.24) is 9.55 Å². The zero-order valence-electron chi connectivity index (χ0n) is 15.3. The van der Waals surface area contributed by atoms with Crippen molar-refractivity contribution in [2.45, 2.75) is 31.7 Å².